The van der Waals surface area contributed by atoms with Gasteiger partial charge in [-0.05, 0) is 50.2 Å². The number of halogens is 4. The van der Waals surface area contributed by atoms with Crippen molar-refractivity contribution in [2.24, 2.45) is 22.6 Å². The lowest BCUT2D eigenvalue weighted by Crippen LogP contribution is -2.49. The van der Waals surface area contributed by atoms with Gasteiger partial charge in [0.2, 0.25) is 11.8 Å². The molecule has 1 aliphatic heterocycles. The number of alkyl halides is 4. The van der Waals surface area contributed by atoms with E-state index in [4.69, 9.17) is 5.73 Å². The number of aliphatic imine (C=N–C) groups is 1. The van der Waals surface area contributed by atoms with Crippen LogP contribution in [0.4, 0.5) is 17.6 Å². The number of carbonyl (C=O) groups is 3. The number of benzene rings is 2. The van der Waals surface area contributed by atoms with E-state index in [9.17, 15) is 31.9 Å². The topological polar surface area (TPSA) is 102 Å². The molecule has 2 aliphatic rings. The van der Waals surface area contributed by atoms with Gasteiger partial charge in [0.25, 0.3) is 0 Å². The minimum atomic E-state index is -4.61. The van der Waals surface area contributed by atoms with Gasteiger partial charge in [-0.1, -0.05) is 48.5 Å². The summed E-state index contributed by atoms with van der Waals surface area (Å²) in [6.07, 6.45) is -7.79. The summed E-state index contributed by atoms with van der Waals surface area (Å²) in [7, 11) is 0. The second kappa shape index (κ2) is 11.3. The first-order valence-electron chi connectivity index (χ1n) is 13.0. The van der Waals surface area contributed by atoms with E-state index in [-0.39, 0.29) is 19.3 Å². The van der Waals surface area contributed by atoms with Gasteiger partial charge in [0.15, 0.2) is 11.9 Å². The third-order valence-corrected chi connectivity index (χ3v) is 7.67. The van der Waals surface area contributed by atoms with Crippen molar-refractivity contribution in [3.8, 4) is 0 Å². The Balaban J connectivity index is 1.68. The lowest BCUT2D eigenvalue weighted by molar-refractivity contribution is -0.148. The molecule has 6 nitrogen and oxygen atoms in total. The number of nitrogens with two attached hydrogens (primary N) is 1. The SMILES string of the molecule is Cc1cccc2c1CC(=O)[C@@H](NC(=O)[C@H](CCC(F)(F)F)[C@H](CC1(F)CCC1)C(N)=O)N=C2c1ccccc1. The number of rotatable bonds is 9. The number of hydrogen-bond donors (Lipinski definition) is 2. The highest BCUT2D eigenvalue weighted by Crippen LogP contribution is 2.43. The van der Waals surface area contributed by atoms with Crippen LogP contribution in [-0.2, 0) is 20.8 Å². The average molecular weight is 546 g/mol. The fourth-order valence-corrected chi connectivity index (χ4v) is 5.31. The molecule has 0 unspecified atom stereocenters. The van der Waals surface area contributed by atoms with Crippen molar-refractivity contribution >= 4 is 23.3 Å². The summed E-state index contributed by atoms with van der Waals surface area (Å²) in [5, 5.41) is 2.48. The predicted octanol–water partition coefficient (Wildman–Crippen LogP) is 4.74. The van der Waals surface area contributed by atoms with Crippen LogP contribution >= 0.6 is 0 Å². The van der Waals surface area contributed by atoms with Gasteiger partial charge in [-0.25, -0.2) is 4.39 Å². The Morgan fingerprint density at radius 3 is 2.38 bits per heavy atom. The Hall–Kier alpha value is -3.56. The van der Waals surface area contributed by atoms with E-state index in [0.717, 1.165) is 11.1 Å². The van der Waals surface area contributed by atoms with Crippen molar-refractivity contribution < 1.29 is 31.9 Å². The highest BCUT2D eigenvalue weighted by atomic mass is 19.4. The molecule has 0 bridgehead atoms. The van der Waals surface area contributed by atoms with Crippen LogP contribution in [0.1, 0.15) is 60.8 Å². The van der Waals surface area contributed by atoms with Crippen LogP contribution in [0.3, 0.4) is 0 Å². The molecule has 2 aromatic rings. The molecule has 2 aromatic carbocycles. The number of nitrogens with one attached hydrogen (secondary N) is 1. The van der Waals surface area contributed by atoms with Crippen LogP contribution in [0.15, 0.2) is 53.5 Å². The van der Waals surface area contributed by atoms with Crippen LogP contribution in [-0.4, -0.2) is 41.3 Å². The summed E-state index contributed by atoms with van der Waals surface area (Å²) in [5.74, 6) is -5.53. The van der Waals surface area contributed by atoms with Gasteiger partial charge in [0.05, 0.1) is 17.5 Å². The summed E-state index contributed by atoms with van der Waals surface area (Å²) in [6, 6.07) is 14.5. The summed E-state index contributed by atoms with van der Waals surface area (Å²) >= 11 is 0. The highest BCUT2D eigenvalue weighted by molar-refractivity contribution is 6.16. The van der Waals surface area contributed by atoms with Crippen molar-refractivity contribution in [2.45, 2.75) is 69.9 Å². The summed E-state index contributed by atoms with van der Waals surface area (Å²) in [4.78, 5) is 43.7. The van der Waals surface area contributed by atoms with Crippen LogP contribution < -0.4 is 11.1 Å². The molecule has 1 fully saturated rings. The third-order valence-electron chi connectivity index (χ3n) is 7.67. The molecule has 2 amide bonds. The zero-order valence-electron chi connectivity index (χ0n) is 21.6. The minimum absolute atomic E-state index is 0.0627. The van der Waals surface area contributed by atoms with Gasteiger partial charge in [0.1, 0.15) is 5.67 Å². The molecule has 1 heterocycles. The smallest absolute Gasteiger partial charge is 0.369 e. The van der Waals surface area contributed by atoms with Crippen LogP contribution in [0.5, 0.6) is 0 Å². The molecule has 0 radical (unpaired) electrons. The number of nitrogens with zero attached hydrogens (tertiary/aromatic N) is 1. The Labute approximate surface area is 224 Å². The van der Waals surface area contributed by atoms with Crippen LogP contribution in [0.25, 0.3) is 0 Å². The number of hydrogen-bond acceptors (Lipinski definition) is 4. The molecular formula is C29H31F4N3O3. The molecule has 1 saturated carbocycles. The molecular weight excluding hydrogens is 514 g/mol. The van der Waals surface area contributed by atoms with E-state index in [2.05, 4.69) is 10.3 Å². The first kappa shape index (κ1) is 28.4. The zero-order chi connectivity index (χ0) is 28.4. The number of carbonyl (C=O) groups excluding carboxylic acids is 3. The number of aryl methyl sites for hydroxylation is 1. The van der Waals surface area contributed by atoms with E-state index in [1.807, 2.05) is 31.2 Å². The van der Waals surface area contributed by atoms with Gasteiger partial charge in [0, 0.05) is 24.0 Å². The van der Waals surface area contributed by atoms with Gasteiger partial charge in [-0.15, -0.1) is 0 Å². The lowest BCUT2D eigenvalue weighted by Gasteiger charge is -2.38. The molecule has 39 heavy (non-hydrogen) atoms. The van der Waals surface area contributed by atoms with Gasteiger partial charge < -0.3 is 11.1 Å². The quantitative estimate of drug-likeness (QED) is 0.445. The molecule has 208 valence electrons. The molecule has 0 saturated heterocycles. The molecule has 1 aliphatic carbocycles. The average Bonchev–Trinajstić information content (AvgIpc) is 2.99. The van der Waals surface area contributed by atoms with Gasteiger partial charge >= 0.3 is 6.18 Å². The standard InChI is InChI=1S/C29H31F4N3O3/c1-17-7-5-10-19-21(17)15-23(37)26(35-24(19)18-8-3-2-4-9-18)36-27(39)20(11-14-29(31,32)33)22(25(34)38)16-28(30)12-6-13-28/h2-5,7-10,20,22,26H,6,11-16H2,1H3,(H2,34,38)(H,36,39)/t20-,22+,26-/m1/s1. The maximum atomic E-state index is 15.0. The minimum Gasteiger partial charge on any atom is -0.369 e. The monoisotopic (exact) mass is 545 g/mol. The molecule has 4 rings (SSSR count). The Morgan fingerprint density at radius 1 is 1.10 bits per heavy atom. The van der Waals surface area contributed by atoms with Crippen molar-refractivity contribution in [1.29, 1.82) is 0 Å². The summed E-state index contributed by atoms with van der Waals surface area (Å²) < 4.78 is 54.5. The molecule has 0 aromatic heterocycles. The van der Waals surface area contributed by atoms with E-state index in [0.29, 0.717) is 23.3 Å². The van der Waals surface area contributed by atoms with E-state index < -0.39 is 66.7 Å². The summed E-state index contributed by atoms with van der Waals surface area (Å²) in [6.45, 7) is 1.85. The first-order valence-corrected chi connectivity index (χ1v) is 13.0. The van der Waals surface area contributed by atoms with Crippen molar-refractivity contribution in [3.05, 3.63) is 70.8 Å². The third kappa shape index (κ3) is 6.72. The molecule has 10 heteroatoms. The van der Waals surface area contributed by atoms with Crippen molar-refractivity contribution in [1.82, 2.24) is 5.32 Å². The Kier molecular flexibility index (Phi) is 8.23. The normalized spacial score (nSPS) is 20.1. The number of primary amides is 1. The zero-order valence-corrected chi connectivity index (χ0v) is 21.6. The van der Waals surface area contributed by atoms with E-state index in [1.54, 1.807) is 24.3 Å². The fourth-order valence-electron chi connectivity index (χ4n) is 5.31. The van der Waals surface area contributed by atoms with Crippen LogP contribution in [0, 0.1) is 18.8 Å². The maximum Gasteiger partial charge on any atom is 0.389 e. The second-order valence-corrected chi connectivity index (χ2v) is 10.5. The van der Waals surface area contributed by atoms with E-state index in [1.165, 1.54) is 0 Å². The predicted molar refractivity (Wildman–Crippen MR) is 138 cm³/mol. The fraction of sp³-hybridized carbons (Fsp3) is 0.448. The van der Waals surface area contributed by atoms with Gasteiger partial charge in [-0.2, -0.15) is 13.2 Å². The number of amides is 2. The van der Waals surface area contributed by atoms with Crippen LogP contribution in [0.2, 0.25) is 0 Å². The first-order chi connectivity index (χ1) is 18.4. The largest absolute Gasteiger partial charge is 0.389 e. The van der Waals surface area contributed by atoms with Gasteiger partial charge in [-0.3, -0.25) is 19.4 Å². The number of fused-ring (bicyclic) bond motifs is 1. The Bertz CT molecular complexity index is 1270. The number of ketones is 1. The highest BCUT2D eigenvalue weighted by Gasteiger charge is 2.46. The molecule has 0 spiro atoms. The maximum absolute atomic E-state index is 15.0. The molecule has 3 N–H and O–H groups in total. The number of Topliss-reactive ketones (excluding diaryl/α,β-unsaturated/α-hetero) is 1. The Morgan fingerprint density at radius 2 is 1.79 bits per heavy atom. The molecule has 3 atom stereocenters. The van der Waals surface area contributed by atoms with Crippen molar-refractivity contribution in [2.75, 3.05) is 0 Å². The summed E-state index contributed by atoms with van der Waals surface area (Å²) in [5.41, 5.74) is 7.16. The second-order valence-electron chi connectivity index (χ2n) is 10.5. The lowest BCUT2D eigenvalue weighted by atomic mass is 9.71. The van der Waals surface area contributed by atoms with E-state index >= 15 is 0 Å². The van der Waals surface area contributed by atoms with Crippen molar-refractivity contribution in [3.63, 3.8) is 0 Å².